The maximum absolute atomic E-state index is 11.8. The molecule has 0 amide bonds. The Morgan fingerprint density at radius 1 is 1.42 bits per heavy atom. The lowest BCUT2D eigenvalue weighted by Gasteiger charge is -2.00. The Hall–Kier alpha value is -0.680. The van der Waals surface area contributed by atoms with Crippen LogP contribution in [0.4, 0.5) is 0 Å². The summed E-state index contributed by atoms with van der Waals surface area (Å²) in [7, 11) is 0. The van der Waals surface area contributed by atoms with Gasteiger partial charge in [0.05, 0.1) is 10.0 Å². The third kappa shape index (κ3) is 3.66. The van der Waals surface area contributed by atoms with Gasteiger partial charge in [-0.2, -0.15) is 0 Å². The number of benzene rings is 1. The number of carbonyl (C=O) groups excluding carboxylic acids is 1. The van der Waals surface area contributed by atoms with Crippen LogP contribution >= 0.6 is 46.7 Å². The largest absolute Gasteiger partial charge is 0.279 e. The maximum atomic E-state index is 11.8. The third-order valence-electron chi connectivity index (χ3n) is 2.20. The van der Waals surface area contributed by atoms with E-state index in [4.69, 9.17) is 23.2 Å². The molecule has 0 saturated heterocycles. The average molecular weight is 330 g/mol. The van der Waals surface area contributed by atoms with E-state index in [0.717, 1.165) is 21.9 Å². The SMILES string of the molecule is C=CCSC1=N/C(=C\c2cccc(Cl)c2Cl)C(=O)S1. The van der Waals surface area contributed by atoms with Gasteiger partial charge in [0, 0.05) is 5.75 Å². The molecule has 1 aromatic rings. The molecule has 1 aliphatic heterocycles. The zero-order valence-electron chi connectivity index (χ0n) is 9.73. The summed E-state index contributed by atoms with van der Waals surface area (Å²) in [6.45, 7) is 3.63. The van der Waals surface area contributed by atoms with Gasteiger partial charge in [-0.15, -0.1) is 6.58 Å². The molecule has 6 heteroatoms. The highest BCUT2D eigenvalue weighted by molar-refractivity contribution is 8.45. The molecule has 1 heterocycles. The quantitative estimate of drug-likeness (QED) is 0.584. The molecule has 98 valence electrons. The molecule has 1 aliphatic rings. The number of thioether (sulfide) groups is 2. The van der Waals surface area contributed by atoms with Crippen molar-refractivity contribution in [2.45, 2.75) is 0 Å². The lowest BCUT2D eigenvalue weighted by atomic mass is 10.2. The first-order valence-corrected chi connectivity index (χ1v) is 7.88. The number of carbonyl (C=O) groups is 1. The van der Waals surface area contributed by atoms with Crippen LogP contribution < -0.4 is 0 Å². The van der Waals surface area contributed by atoms with Gasteiger partial charge in [-0.05, 0) is 29.5 Å². The second-order valence-corrected chi connectivity index (χ2v) is 6.55. The number of rotatable bonds is 3. The van der Waals surface area contributed by atoms with Crippen molar-refractivity contribution in [3.05, 3.63) is 52.2 Å². The second kappa shape index (κ2) is 6.66. The van der Waals surface area contributed by atoms with Crippen LogP contribution in [0.3, 0.4) is 0 Å². The van der Waals surface area contributed by atoms with Crippen LogP contribution in [-0.2, 0) is 4.79 Å². The van der Waals surface area contributed by atoms with E-state index in [1.165, 1.54) is 11.8 Å². The van der Waals surface area contributed by atoms with Crippen molar-refractivity contribution in [2.24, 2.45) is 4.99 Å². The summed E-state index contributed by atoms with van der Waals surface area (Å²) in [5.74, 6) is 0.727. The second-order valence-electron chi connectivity index (χ2n) is 3.54. The first-order chi connectivity index (χ1) is 9.11. The van der Waals surface area contributed by atoms with E-state index in [1.807, 2.05) is 0 Å². The number of aliphatic imine (C=N–C) groups is 1. The predicted octanol–water partition coefficient (Wildman–Crippen LogP) is 4.88. The highest BCUT2D eigenvalue weighted by Crippen LogP contribution is 2.33. The van der Waals surface area contributed by atoms with Gasteiger partial charge in [-0.3, -0.25) is 4.79 Å². The molecule has 2 nitrogen and oxygen atoms in total. The molecule has 0 fully saturated rings. The molecule has 0 aromatic heterocycles. The summed E-state index contributed by atoms with van der Waals surface area (Å²) in [6.07, 6.45) is 3.43. The van der Waals surface area contributed by atoms with Crippen molar-refractivity contribution in [3.63, 3.8) is 0 Å². The van der Waals surface area contributed by atoms with Crippen molar-refractivity contribution in [1.82, 2.24) is 0 Å². The van der Waals surface area contributed by atoms with Gasteiger partial charge in [-0.1, -0.05) is 53.2 Å². The fourth-order valence-corrected chi connectivity index (χ4v) is 3.33. The zero-order chi connectivity index (χ0) is 13.8. The smallest absolute Gasteiger partial charge is 0.244 e. The molecule has 2 rings (SSSR count). The van der Waals surface area contributed by atoms with Crippen molar-refractivity contribution < 1.29 is 4.79 Å². The van der Waals surface area contributed by atoms with Crippen LogP contribution in [0.2, 0.25) is 10.0 Å². The molecular formula is C13H9Cl2NOS2. The van der Waals surface area contributed by atoms with Crippen LogP contribution in [0, 0.1) is 0 Å². The summed E-state index contributed by atoms with van der Waals surface area (Å²) in [5.41, 5.74) is 1.08. The average Bonchev–Trinajstić information content (AvgIpc) is 2.73. The highest BCUT2D eigenvalue weighted by Gasteiger charge is 2.22. The standard InChI is InChI=1S/C13H9Cl2NOS2/c1-2-6-18-13-16-10(12(17)19-13)7-8-4-3-5-9(14)11(8)15/h2-5,7H,1,6H2/b10-7-. The topological polar surface area (TPSA) is 29.4 Å². The first kappa shape index (κ1) is 14.7. The Morgan fingerprint density at radius 3 is 2.95 bits per heavy atom. The van der Waals surface area contributed by atoms with Crippen LogP contribution in [-0.4, -0.2) is 15.2 Å². The van der Waals surface area contributed by atoms with Gasteiger partial charge in [-0.25, -0.2) is 4.99 Å². The van der Waals surface area contributed by atoms with Crippen molar-refractivity contribution in [1.29, 1.82) is 0 Å². The van der Waals surface area contributed by atoms with Gasteiger partial charge >= 0.3 is 0 Å². The van der Waals surface area contributed by atoms with E-state index in [2.05, 4.69) is 11.6 Å². The lowest BCUT2D eigenvalue weighted by Crippen LogP contribution is -1.88. The molecule has 0 N–H and O–H groups in total. The van der Waals surface area contributed by atoms with Crippen LogP contribution in [0.15, 0.2) is 41.5 Å². The molecular weight excluding hydrogens is 321 g/mol. The van der Waals surface area contributed by atoms with E-state index in [0.29, 0.717) is 21.3 Å². The first-order valence-electron chi connectivity index (χ1n) is 5.32. The van der Waals surface area contributed by atoms with E-state index in [-0.39, 0.29) is 5.12 Å². The summed E-state index contributed by atoms with van der Waals surface area (Å²) in [6, 6.07) is 5.28. The lowest BCUT2D eigenvalue weighted by molar-refractivity contribution is -0.107. The molecule has 1 aromatic carbocycles. The minimum atomic E-state index is -0.0809. The molecule has 0 unspecified atom stereocenters. The van der Waals surface area contributed by atoms with Gasteiger partial charge in [0.25, 0.3) is 0 Å². The van der Waals surface area contributed by atoms with Crippen LogP contribution in [0.5, 0.6) is 0 Å². The van der Waals surface area contributed by atoms with Crippen molar-refractivity contribution in [3.8, 4) is 0 Å². The Balaban J connectivity index is 2.28. The van der Waals surface area contributed by atoms with Gasteiger partial charge in [0.2, 0.25) is 5.12 Å². The predicted molar refractivity (Wildman–Crippen MR) is 87.1 cm³/mol. The van der Waals surface area contributed by atoms with Crippen LogP contribution in [0.1, 0.15) is 5.56 Å². The monoisotopic (exact) mass is 329 g/mol. The number of hydrogen-bond acceptors (Lipinski definition) is 4. The number of hydrogen-bond donors (Lipinski definition) is 0. The van der Waals surface area contributed by atoms with Gasteiger partial charge in [0.1, 0.15) is 10.1 Å². The molecule has 0 radical (unpaired) electrons. The van der Waals surface area contributed by atoms with Gasteiger partial charge < -0.3 is 0 Å². The summed E-state index contributed by atoms with van der Waals surface area (Å²) >= 11 is 14.6. The molecule has 0 atom stereocenters. The Bertz CT molecular complexity index is 596. The van der Waals surface area contributed by atoms with Crippen LogP contribution in [0.25, 0.3) is 6.08 Å². The van der Waals surface area contributed by atoms with E-state index in [1.54, 1.807) is 30.4 Å². The number of halogens is 2. The minimum Gasteiger partial charge on any atom is -0.279 e. The molecule has 0 saturated carbocycles. The highest BCUT2D eigenvalue weighted by atomic mass is 35.5. The van der Waals surface area contributed by atoms with Crippen molar-refractivity contribution >= 4 is 62.3 Å². The summed E-state index contributed by atoms with van der Waals surface area (Å²) in [5, 5.41) is 0.804. The Kier molecular flexibility index (Phi) is 5.16. The van der Waals surface area contributed by atoms with E-state index < -0.39 is 0 Å². The molecule has 0 aliphatic carbocycles. The molecule has 0 bridgehead atoms. The number of nitrogens with zero attached hydrogens (tertiary/aromatic N) is 1. The molecule has 19 heavy (non-hydrogen) atoms. The normalized spacial score (nSPS) is 16.8. The zero-order valence-corrected chi connectivity index (χ0v) is 12.9. The molecule has 0 spiro atoms. The Morgan fingerprint density at radius 2 is 2.21 bits per heavy atom. The van der Waals surface area contributed by atoms with Crippen molar-refractivity contribution in [2.75, 3.05) is 5.75 Å². The van der Waals surface area contributed by atoms with E-state index in [9.17, 15) is 4.79 Å². The third-order valence-corrected chi connectivity index (χ3v) is 5.04. The summed E-state index contributed by atoms with van der Waals surface area (Å²) < 4.78 is 0.731. The van der Waals surface area contributed by atoms with E-state index >= 15 is 0 Å². The Labute approximate surface area is 130 Å². The minimum absolute atomic E-state index is 0.0809. The fraction of sp³-hybridized carbons (Fsp3) is 0.0769. The van der Waals surface area contributed by atoms with Gasteiger partial charge in [0.15, 0.2) is 0 Å². The fourth-order valence-electron chi connectivity index (χ4n) is 1.36. The summed E-state index contributed by atoms with van der Waals surface area (Å²) in [4.78, 5) is 16.1. The maximum Gasteiger partial charge on any atom is 0.244 e.